The molecule has 32 heavy (non-hydrogen) atoms. The zero-order valence-electron chi connectivity index (χ0n) is 19.0. The molecule has 1 aliphatic heterocycles. The second kappa shape index (κ2) is 9.69. The lowest BCUT2D eigenvalue weighted by Gasteiger charge is -2.31. The predicted molar refractivity (Wildman–Crippen MR) is 128 cm³/mol. The van der Waals surface area contributed by atoms with Gasteiger partial charge in [-0.05, 0) is 31.9 Å². The first-order chi connectivity index (χ1) is 15.5. The molecule has 0 fully saturated rings. The van der Waals surface area contributed by atoms with Crippen LogP contribution in [-0.4, -0.2) is 26.8 Å². The lowest BCUT2D eigenvalue weighted by Crippen LogP contribution is -2.37. The highest BCUT2D eigenvalue weighted by Gasteiger charge is 2.35. The SMILES string of the molecule is CCCCSc1nnc2c(n1)O[C@H](c1ccc(C)cc1C)N(C(=O)CC)c1ccccc1-2. The third kappa shape index (κ3) is 4.35. The minimum Gasteiger partial charge on any atom is -0.447 e. The van der Waals surface area contributed by atoms with Crippen LogP contribution in [0.15, 0.2) is 47.6 Å². The number of ether oxygens (including phenoxy) is 1. The van der Waals surface area contributed by atoms with Gasteiger partial charge in [0.15, 0.2) is 5.69 Å². The van der Waals surface area contributed by atoms with E-state index in [9.17, 15) is 4.79 Å². The molecule has 0 bridgehead atoms. The monoisotopic (exact) mass is 448 g/mol. The molecule has 1 aliphatic rings. The molecule has 1 atom stereocenters. The second-order valence-electron chi connectivity index (χ2n) is 7.91. The fraction of sp³-hybridized carbons (Fsp3) is 0.360. The molecule has 3 aromatic rings. The number of fused-ring (bicyclic) bond motifs is 3. The molecule has 1 amide bonds. The van der Waals surface area contributed by atoms with Crippen molar-refractivity contribution in [3.05, 3.63) is 59.2 Å². The first kappa shape index (κ1) is 22.3. The number of aryl methyl sites for hydroxylation is 2. The van der Waals surface area contributed by atoms with Gasteiger partial charge in [-0.15, -0.1) is 10.2 Å². The molecule has 0 spiro atoms. The maximum atomic E-state index is 13.2. The number of anilines is 1. The summed E-state index contributed by atoms with van der Waals surface area (Å²) in [6.07, 6.45) is 1.90. The summed E-state index contributed by atoms with van der Waals surface area (Å²) in [6.45, 7) is 8.12. The van der Waals surface area contributed by atoms with E-state index < -0.39 is 6.23 Å². The van der Waals surface area contributed by atoms with Gasteiger partial charge in [0.2, 0.25) is 23.2 Å². The number of carbonyl (C=O) groups is 1. The van der Waals surface area contributed by atoms with Crippen LogP contribution in [0.4, 0.5) is 5.69 Å². The van der Waals surface area contributed by atoms with Gasteiger partial charge in [-0.1, -0.05) is 74.0 Å². The average molecular weight is 449 g/mol. The molecule has 2 aromatic carbocycles. The molecule has 166 valence electrons. The van der Waals surface area contributed by atoms with Crippen LogP contribution in [0.3, 0.4) is 0 Å². The lowest BCUT2D eigenvalue weighted by atomic mass is 10.0. The topological polar surface area (TPSA) is 68.2 Å². The molecule has 1 aromatic heterocycles. The smallest absolute Gasteiger partial charge is 0.247 e. The van der Waals surface area contributed by atoms with Crippen LogP contribution in [0.2, 0.25) is 0 Å². The lowest BCUT2D eigenvalue weighted by molar-refractivity contribution is -0.120. The summed E-state index contributed by atoms with van der Waals surface area (Å²) in [5.74, 6) is 1.30. The molecule has 0 saturated carbocycles. The van der Waals surface area contributed by atoms with Crippen LogP contribution >= 0.6 is 11.8 Å². The summed E-state index contributed by atoms with van der Waals surface area (Å²) in [5, 5.41) is 9.41. The fourth-order valence-corrected chi connectivity index (χ4v) is 4.69. The van der Waals surface area contributed by atoms with Crippen molar-refractivity contribution >= 4 is 23.4 Å². The van der Waals surface area contributed by atoms with Crippen LogP contribution < -0.4 is 9.64 Å². The van der Waals surface area contributed by atoms with Crippen LogP contribution in [0.5, 0.6) is 5.88 Å². The number of thioether (sulfide) groups is 1. The average Bonchev–Trinajstić information content (AvgIpc) is 2.93. The first-order valence-corrected chi connectivity index (χ1v) is 12.0. The number of hydrogen-bond acceptors (Lipinski definition) is 6. The Balaban J connectivity index is 1.89. The minimum atomic E-state index is -0.643. The van der Waals surface area contributed by atoms with Crippen molar-refractivity contribution < 1.29 is 9.53 Å². The summed E-state index contributed by atoms with van der Waals surface area (Å²) >= 11 is 1.57. The Bertz CT molecular complexity index is 1130. The summed E-state index contributed by atoms with van der Waals surface area (Å²) < 4.78 is 6.51. The highest BCUT2D eigenvalue weighted by Crippen LogP contribution is 2.44. The molecule has 0 radical (unpaired) electrons. The molecule has 2 heterocycles. The van der Waals surface area contributed by atoms with Gasteiger partial charge in [-0.25, -0.2) is 0 Å². The predicted octanol–water partition coefficient (Wildman–Crippen LogP) is 5.88. The number of carbonyl (C=O) groups excluding carboxylic acids is 1. The van der Waals surface area contributed by atoms with E-state index >= 15 is 0 Å². The van der Waals surface area contributed by atoms with Crippen molar-refractivity contribution in [1.29, 1.82) is 0 Å². The van der Waals surface area contributed by atoms with Crippen LogP contribution in [0.25, 0.3) is 11.3 Å². The number of hydrogen-bond donors (Lipinski definition) is 0. The van der Waals surface area contributed by atoms with Crippen molar-refractivity contribution in [2.24, 2.45) is 0 Å². The Kier molecular flexibility index (Phi) is 6.74. The normalized spacial score (nSPS) is 14.9. The van der Waals surface area contributed by atoms with Gasteiger partial charge in [0, 0.05) is 23.3 Å². The Hall–Kier alpha value is -2.93. The van der Waals surface area contributed by atoms with Crippen molar-refractivity contribution in [2.45, 2.75) is 58.3 Å². The van der Waals surface area contributed by atoms with E-state index in [1.807, 2.05) is 50.2 Å². The largest absolute Gasteiger partial charge is 0.447 e. The summed E-state index contributed by atoms with van der Waals surface area (Å²) in [4.78, 5) is 19.7. The summed E-state index contributed by atoms with van der Waals surface area (Å²) in [5.41, 5.74) is 5.25. The fourth-order valence-electron chi connectivity index (χ4n) is 3.83. The highest BCUT2D eigenvalue weighted by atomic mass is 32.2. The van der Waals surface area contributed by atoms with E-state index in [2.05, 4.69) is 30.1 Å². The Labute approximate surface area is 193 Å². The van der Waals surface area contributed by atoms with Crippen molar-refractivity contribution in [3.63, 3.8) is 0 Å². The zero-order chi connectivity index (χ0) is 22.7. The number of nitrogens with zero attached hydrogens (tertiary/aromatic N) is 4. The maximum absolute atomic E-state index is 13.2. The molecule has 0 unspecified atom stereocenters. The van der Waals surface area contributed by atoms with Gasteiger partial charge < -0.3 is 4.74 Å². The standard InChI is InChI=1S/C25H28N4O2S/c1-5-7-14-32-25-26-23-22(27-28-25)19-10-8-9-11-20(19)29(21(30)6-2)24(31-23)18-13-12-16(3)15-17(18)4/h8-13,15,24H,5-7,14H2,1-4H3/t24-/m1/s1. The van der Waals surface area contributed by atoms with E-state index in [4.69, 9.17) is 9.72 Å². The number of benzene rings is 2. The Morgan fingerprint density at radius 2 is 1.94 bits per heavy atom. The molecule has 0 aliphatic carbocycles. The highest BCUT2D eigenvalue weighted by molar-refractivity contribution is 7.99. The third-order valence-corrected chi connectivity index (χ3v) is 6.43. The molecule has 0 saturated heterocycles. The van der Waals surface area contributed by atoms with Crippen LogP contribution in [-0.2, 0) is 4.79 Å². The van der Waals surface area contributed by atoms with E-state index in [0.717, 1.165) is 46.5 Å². The van der Waals surface area contributed by atoms with Crippen LogP contribution in [0.1, 0.15) is 56.0 Å². The molecule has 4 rings (SSSR count). The number of amides is 1. The summed E-state index contributed by atoms with van der Waals surface area (Å²) in [7, 11) is 0. The summed E-state index contributed by atoms with van der Waals surface area (Å²) in [6, 6.07) is 13.9. The number of rotatable bonds is 6. The van der Waals surface area contributed by atoms with E-state index in [1.165, 1.54) is 0 Å². The molecule has 0 N–H and O–H groups in total. The minimum absolute atomic E-state index is 0.0271. The van der Waals surface area contributed by atoms with Crippen LogP contribution in [0, 0.1) is 13.8 Å². The van der Waals surface area contributed by atoms with Gasteiger partial charge in [-0.2, -0.15) is 4.98 Å². The molecular weight excluding hydrogens is 420 g/mol. The van der Waals surface area contributed by atoms with Gasteiger partial charge >= 0.3 is 0 Å². The van der Waals surface area contributed by atoms with E-state index in [1.54, 1.807) is 16.7 Å². The van der Waals surface area contributed by atoms with Crippen molar-refractivity contribution in [1.82, 2.24) is 15.2 Å². The Morgan fingerprint density at radius 3 is 2.69 bits per heavy atom. The number of aromatic nitrogens is 3. The third-order valence-electron chi connectivity index (χ3n) is 5.50. The van der Waals surface area contributed by atoms with Gasteiger partial charge in [0.25, 0.3) is 0 Å². The second-order valence-corrected chi connectivity index (χ2v) is 8.98. The van der Waals surface area contributed by atoms with Gasteiger partial charge in [0.05, 0.1) is 5.69 Å². The first-order valence-electron chi connectivity index (χ1n) is 11.1. The molecule has 7 heteroatoms. The Morgan fingerprint density at radius 1 is 1.12 bits per heavy atom. The molecule has 6 nitrogen and oxygen atoms in total. The molecular formula is C25H28N4O2S. The van der Waals surface area contributed by atoms with E-state index in [0.29, 0.717) is 23.2 Å². The zero-order valence-corrected chi connectivity index (χ0v) is 19.8. The van der Waals surface area contributed by atoms with Crippen molar-refractivity contribution in [2.75, 3.05) is 10.7 Å². The van der Waals surface area contributed by atoms with Crippen molar-refractivity contribution in [3.8, 4) is 17.1 Å². The van der Waals surface area contributed by atoms with Gasteiger partial charge in [-0.3, -0.25) is 9.69 Å². The number of para-hydroxylation sites is 1. The van der Waals surface area contributed by atoms with Gasteiger partial charge in [0.1, 0.15) is 0 Å². The quantitative estimate of drug-likeness (QED) is 0.346. The number of unbranched alkanes of at least 4 members (excludes halogenated alkanes) is 1. The van der Waals surface area contributed by atoms with E-state index in [-0.39, 0.29) is 5.91 Å². The maximum Gasteiger partial charge on any atom is 0.247 e.